The van der Waals surface area contributed by atoms with Gasteiger partial charge < -0.3 is 10.1 Å². The molecular formula is C11H10BrClN2O2S. The highest BCUT2D eigenvalue weighted by atomic mass is 79.9. The van der Waals surface area contributed by atoms with Crippen LogP contribution in [0.3, 0.4) is 0 Å². The van der Waals surface area contributed by atoms with Gasteiger partial charge in [0.05, 0.1) is 10.4 Å². The van der Waals surface area contributed by atoms with E-state index in [-0.39, 0.29) is 11.4 Å². The van der Waals surface area contributed by atoms with Crippen molar-refractivity contribution in [1.29, 1.82) is 0 Å². The molecule has 0 fully saturated rings. The minimum Gasteiger partial charge on any atom is -0.493 e. The third-order valence-corrected chi connectivity index (χ3v) is 4.85. The van der Waals surface area contributed by atoms with Crippen molar-refractivity contribution >= 4 is 38.9 Å². The number of thiophene rings is 1. The van der Waals surface area contributed by atoms with E-state index in [2.05, 4.69) is 25.9 Å². The Labute approximate surface area is 121 Å². The number of rotatable bonds is 3. The first-order chi connectivity index (χ1) is 8.52. The van der Waals surface area contributed by atoms with Gasteiger partial charge >= 0.3 is 0 Å². The predicted molar refractivity (Wildman–Crippen MR) is 76.5 cm³/mol. The van der Waals surface area contributed by atoms with E-state index >= 15 is 0 Å². The smallest absolute Gasteiger partial charge is 0.258 e. The van der Waals surface area contributed by atoms with Gasteiger partial charge in [-0.25, -0.2) is 0 Å². The number of aromatic nitrogens is 2. The van der Waals surface area contributed by atoms with Gasteiger partial charge in [0, 0.05) is 4.47 Å². The van der Waals surface area contributed by atoms with Gasteiger partial charge in [-0.3, -0.25) is 4.79 Å². The second kappa shape index (κ2) is 5.42. The second-order valence-electron chi connectivity index (χ2n) is 3.70. The maximum absolute atomic E-state index is 11.8. The highest BCUT2D eigenvalue weighted by Crippen LogP contribution is 2.36. The number of halogens is 2. The fraction of sp³-hybridized carbons (Fsp3) is 0.273. The van der Waals surface area contributed by atoms with Crippen LogP contribution in [0.15, 0.2) is 15.3 Å². The Morgan fingerprint density at radius 1 is 1.61 bits per heavy atom. The molecule has 0 aromatic carbocycles. The summed E-state index contributed by atoms with van der Waals surface area (Å²) < 4.78 is 1.31. The summed E-state index contributed by atoms with van der Waals surface area (Å²) in [7, 11) is 0. The molecule has 2 N–H and O–H groups in total. The number of H-pyrrole nitrogens is 1. The van der Waals surface area contributed by atoms with Crippen molar-refractivity contribution in [3.05, 3.63) is 30.8 Å². The molecule has 2 rings (SSSR count). The standard InChI is InChI=1S/C11H10BrClN2O2S/c1-2-3-5-10(16)14-9(15-11(5)17)7-4-6(12)8(13)18-7/h4H,2-3H2,1H3,(H2,14,15,16,17). The number of hydrogen-bond donors (Lipinski definition) is 2. The summed E-state index contributed by atoms with van der Waals surface area (Å²) in [6.07, 6.45) is 1.28. The van der Waals surface area contributed by atoms with Crippen molar-refractivity contribution in [1.82, 2.24) is 9.97 Å². The van der Waals surface area contributed by atoms with Crippen LogP contribution < -0.4 is 5.56 Å². The fourth-order valence-corrected chi connectivity index (χ4v) is 3.19. The van der Waals surface area contributed by atoms with Crippen LogP contribution in [0.4, 0.5) is 0 Å². The SMILES string of the molecule is CCCc1c(O)nc(-c2cc(Br)c(Cl)s2)[nH]c1=O. The molecule has 0 saturated heterocycles. The quantitative estimate of drug-likeness (QED) is 0.890. The Hall–Kier alpha value is -0.850. The molecule has 0 saturated carbocycles. The molecule has 0 bridgehead atoms. The first-order valence-corrected chi connectivity index (χ1v) is 7.29. The maximum Gasteiger partial charge on any atom is 0.258 e. The molecule has 0 aliphatic rings. The Balaban J connectivity index is 2.51. The van der Waals surface area contributed by atoms with E-state index in [1.807, 2.05) is 6.92 Å². The third kappa shape index (κ3) is 2.60. The largest absolute Gasteiger partial charge is 0.493 e. The van der Waals surface area contributed by atoms with Crippen LogP contribution in [0.5, 0.6) is 5.88 Å². The van der Waals surface area contributed by atoms with E-state index < -0.39 is 0 Å². The molecule has 96 valence electrons. The lowest BCUT2D eigenvalue weighted by Crippen LogP contribution is -2.14. The van der Waals surface area contributed by atoms with E-state index in [0.29, 0.717) is 27.0 Å². The van der Waals surface area contributed by atoms with Crippen molar-refractivity contribution in [2.24, 2.45) is 0 Å². The summed E-state index contributed by atoms with van der Waals surface area (Å²) in [5, 5.41) is 9.77. The monoisotopic (exact) mass is 348 g/mol. The van der Waals surface area contributed by atoms with Crippen LogP contribution in [0.1, 0.15) is 18.9 Å². The van der Waals surface area contributed by atoms with Gasteiger partial charge in [-0.2, -0.15) is 4.98 Å². The molecule has 0 unspecified atom stereocenters. The lowest BCUT2D eigenvalue weighted by atomic mass is 10.2. The second-order valence-corrected chi connectivity index (χ2v) is 6.21. The zero-order valence-electron chi connectivity index (χ0n) is 9.46. The van der Waals surface area contributed by atoms with Gasteiger partial charge in [0.25, 0.3) is 5.56 Å². The average Bonchev–Trinajstić information content (AvgIpc) is 2.64. The molecule has 2 heterocycles. The van der Waals surface area contributed by atoms with Crippen LogP contribution in [0.2, 0.25) is 4.34 Å². The topological polar surface area (TPSA) is 66.0 Å². The number of hydrogen-bond acceptors (Lipinski definition) is 4. The van der Waals surface area contributed by atoms with E-state index in [9.17, 15) is 9.90 Å². The number of nitrogens with zero attached hydrogens (tertiary/aromatic N) is 1. The maximum atomic E-state index is 11.8. The van der Waals surface area contributed by atoms with E-state index in [1.165, 1.54) is 11.3 Å². The fourth-order valence-electron chi connectivity index (χ4n) is 1.54. The lowest BCUT2D eigenvalue weighted by Gasteiger charge is -2.03. The highest BCUT2D eigenvalue weighted by molar-refractivity contribution is 9.10. The highest BCUT2D eigenvalue weighted by Gasteiger charge is 2.13. The van der Waals surface area contributed by atoms with Crippen molar-refractivity contribution in [2.45, 2.75) is 19.8 Å². The molecular weight excluding hydrogens is 340 g/mol. The predicted octanol–water partition coefficient (Wildman–Crippen LogP) is 3.57. The van der Waals surface area contributed by atoms with Crippen molar-refractivity contribution in [2.75, 3.05) is 0 Å². The molecule has 18 heavy (non-hydrogen) atoms. The van der Waals surface area contributed by atoms with Crippen LogP contribution in [0.25, 0.3) is 10.7 Å². The molecule has 0 atom stereocenters. The van der Waals surface area contributed by atoms with Crippen molar-refractivity contribution < 1.29 is 5.11 Å². The molecule has 4 nitrogen and oxygen atoms in total. The van der Waals surface area contributed by atoms with Crippen LogP contribution in [0, 0.1) is 0 Å². The number of aromatic hydroxyl groups is 1. The third-order valence-electron chi connectivity index (χ3n) is 2.37. The van der Waals surface area contributed by atoms with Crippen LogP contribution >= 0.6 is 38.9 Å². The molecule has 0 amide bonds. The summed E-state index contributed by atoms with van der Waals surface area (Å²) in [4.78, 5) is 19.2. The molecule has 2 aromatic heterocycles. The molecule has 0 radical (unpaired) electrons. The Kier molecular flexibility index (Phi) is 4.09. The summed E-state index contributed by atoms with van der Waals surface area (Å²) in [5.41, 5.74) is 0.0166. The minimum absolute atomic E-state index is 0.212. The Bertz CT molecular complexity index is 619. The Morgan fingerprint density at radius 2 is 2.33 bits per heavy atom. The summed E-state index contributed by atoms with van der Waals surface area (Å²) in [6.45, 7) is 1.93. The van der Waals surface area contributed by atoms with E-state index in [0.717, 1.165) is 10.9 Å². The van der Waals surface area contributed by atoms with E-state index in [4.69, 9.17) is 11.6 Å². The number of aromatic amines is 1. The van der Waals surface area contributed by atoms with Gasteiger partial charge in [0.2, 0.25) is 5.88 Å². The van der Waals surface area contributed by atoms with Crippen molar-refractivity contribution in [3.8, 4) is 16.6 Å². The van der Waals surface area contributed by atoms with Gasteiger partial charge in [-0.05, 0) is 28.4 Å². The molecule has 0 aliphatic heterocycles. The lowest BCUT2D eigenvalue weighted by molar-refractivity contribution is 0.443. The first kappa shape index (κ1) is 13.6. The molecule has 2 aromatic rings. The minimum atomic E-state index is -0.306. The molecule has 0 spiro atoms. The number of nitrogens with one attached hydrogen (secondary N) is 1. The van der Waals surface area contributed by atoms with Gasteiger partial charge in [0.1, 0.15) is 4.34 Å². The van der Waals surface area contributed by atoms with Crippen LogP contribution in [-0.4, -0.2) is 15.1 Å². The average molecular weight is 350 g/mol. The zero-order chi connectivity index (χ0) is 13.3. The molecule has 0 aliphatic carbocycles. The van der Waals surface area contributed by atoms with Gasteiger partial charge in [-0.15, -0.1) is 11.3 Å². The van der Waals surface area contributed by atoms with E-state index in [1.54, 1.807) is 6.07 Å². The van der Waals surface area contributed by atoms with Crippen molar-refractivity contribution in [3.63, 3.8) is 0 Å². The van der Waals surface area contributed by atoms with Gasteiger partial charge in [0.15, 0.2) is 5.82 Å². The van der Waals surface area contributed by atoms with Gasteiger partial charge in [-0.1, -0.05) is 24.9 Å². The molecule has 7 heteroatoms. The zero-order valence-corrected chi connectivity index (χ0v) is 12.6. The Morgan fingerprint density at radius 3 is 2.83 bits per heavy atom. The normalized spacial score (nSPS) is 10.8. The van der Waals surface area contributed by atoms with Crippen LogP contribution in [-0.2, 0) is 6.42 Å². The first-order valence-electron chi connectivity index (χ1n) is 5.30. The summed E-state index contributed by atoms with van der Waals surface area (Å²) in [5.74, 6) is 0.117. The summed E-state index contributed by atoms with van der Waals surface area (Å²) >= 11 is 10.5. The summed E-state index contributed by atoms with van der Waals surface area (Å²) in [6, 6.07) is 1.75.